The van der Waals surface area contributed by atoms with E-state index in [-0.39, 0.29) is 0 Å². The van der Waals surface area contributed by atoms with Crippen molar-refractivity contribution in [3.63, 3.8) is 0 Å². The van der Waals surface area contributed by atoms with Crippen LogP contribution in [0, 0.1) is 13.8 Å². The van der Waals surface area contributed by atoms with Gasteiger partial charge in [-0.1, -0.05) is 156 Å². The zero-order valence-electron chi connectivity index (χ0n) is 17.6. The Morgan fingerprint density at radius 1 is 0.333 bits per heavy atom. The Hall–Kier alpha value is 0. The average molecular weight is 339 g/mol. The van der Waals surface area contributed by atoms with Gasteiger partial charge in [-0.2, -0.15) is 0 Å². The van der Waals surface area contributed by atoms with Gasteiger partial charge < -0.3 is 0 Å². The number of unbranched alkanes of at least 4 members (excludes halogenated alkanes) is 18. The molecule has 0 spiro atoms. The van der Waals surface area contributed by atoms with Gasteiger partial charge in [-0.3, -0.25) is 0 Å². The van der Waals surface area contributed by atoms with Crippen molar-refractivity contribution in [3.8, 4) is 0 Å². The lowest BCUT2D eigenvalue weighted by Crippen LogP contribution is -1.80. The van der Waals surface area contributed by atoms with E-state index in [0.29, 0.717) is 0 Å². The van der Waals surface area contributed by atoms with Gasteiger partial charge in [0, 0.05) is 0 Å². The highest BCUT2D eigenvalue weighted by molar-refractivity contribution is 4.48. The van der Waals surface area contributed by atoms with Crippen LogP contribution in [0.1, 0.15) is 142 Å². The van der Waals surface area contributed by atoms with Crippen LogP contribution in [0.15, 0.2) is 0 Å². The Morgan fingerprint density at radius 2 is 0.542 bits per heavy atom. The maximum atomic E-state index is 3.84. The van der Waals surface area contributed by atoms with Gasteiger partial charge in [-0.25, -0.2) is 0 Å². The molecular weight excluding hydrogens is 288 g/mol. The Kier molecular flexibility index (Phi) is 30.4. The predicted octanol–water partition coefficient (Wildman–Crippen LogP) is 9.48. The largest absolute Gasteiger partial charge is 0.0654 e. The highest BCUT2D eigenvalue weighted by atomic mass is 14.0. The lowest BCUT2D eigenvalue weighted by Gasteiger charge is -1.99. The quantitative estimate of drug-likeness (QED) is 0.218. The second kappa shape index (κ2) is 27.8. The van der Waals surface area contributed by atoms with Crippen molar-refractivity contribution in [2.75, 3.05) is 0 Å². The van der Waals surface area contributed by atoms with Crippen molar-refractivity contribution in [1.29, 1.82) is 0 Å². The molecule has 0 aromatic carbocycles. The van der Waals surface area contributed by atoms with Gasteiger partial charge in [-0.15, -0.1) is 0 Å². The van der Waals surface area contributed by atoms with Gasteiger partial charge in [0.2, 0.25) is 0 Å². The maximum Gasteiger partial charge on any atom is -0.0533 e. The average Bonchev–Trinajstić information content (AvgIpc) is 2.60. The van der Waals surface area contributed by atoms with Gasteiger partial charge in [0.05, 0.1) is 0 Å². The minimum atomic E-state index is 1.12. The van der Waals surface area contributed by atoms with Crippen LogP contribution in [-0.4, -0.2) is 0 Å². The van der Waals surface area contributed by atoms with Crippen LogP contribution in [0.2, 0.25) is 0 Å². The molecule has 0 saturated carbocycles. The fraction of sp³-hybridized carbons (Fsp3) is 0.917. The van der Waals surface area contributed by atoms with Crippen molar-refractivity contribution in [3.05, 3.63) is 13.8 Å². The molecule has 0 bridgehead atoms. The van der Waals surface area contributed by atoms with Crippen molar-refractivity contribution in [2.24, 2.45) is 0 Å². The lowest BCUT2D eigenvalue weighted by molar-refractivity contribution is 0.566. The second-order valence-electron chi connectivity index (χ2n) is 7.36. The fourth-order valence-corrected chi connectivity index (χ4v) is 2.97. The van der Waals surface area contributed by atoms with E-state index in [4.69, 9.17) is 0 Å². The van der Waals surface area contributed by atoms with Crippen molar-refractivity contribution >= 4 is 0 Å². The molecule has 0 nitrogen and oxygen atoms in total. The summed E-state index contributed by atoms with van der Waals surface area (Å²) in [5, 5.41) is 0. The molecule has 0 atom stereocenters. The first-order valence-corrected chi connectivity index (χ1v) is 11.4. The molecule has 0 aromatic rings. The molecule has 0 aliphatic rings. The van der Waals surface area contributed by atoms with Gasteiger partial charge in [-0.05, 0) is 0 Å². The molecule has 0 aliphatic carbocycles. The van der Waals surface area contributed by atoms with Crippen LogP contribution in [0.5, 0.6) is 0 Å². The van der Waals surface area contributed by atoms with Gasteiger partial charge in [0.25, 0.3) is 0 Å². The zero-order valence-corrected chi connectivity index (χ0v) is 17.6. The second-order valence-corrected chi connectivity index (χ2v) is 7.36. The molecule has 0 saturated heterocycles. The van der Waals surface area contributed by atoms with Crippen LogP contribution in [0.3, 0.4) is 0 Å². The molecular formula is C24H50. The van der Waals surface area contributed by atoms with E-state index in [0.717, 1.165) is 12.8 Å². The number of rotatable bonds is 18. The first-order chi connectivity index (χ1) is 11.8. The van der Waals surface area contributed by atoms with E-state index in [2.05, 4.69) is 27.7 Å². The van der Waals surface area contributed by atoms with E-state index in [1.807, 2.05) is 0 Å². The number of hydrogen-bond donors (Lipinski definition) is 0. The molecule has 0 unspecified atom stereocenters. The summed E-state index contributed by atoms with van der Waals surface area (Å²) < 4.78 is 0. The first kappa shape index (κ1) is 26.2. The summed E-state index contributed by atoms with van der Waals surface area (Å²) >= 11 is 0. The van der Waals surface area contributed by atoms with E-state index in [1.54, 1.807) is 0 Å². The third-order valence-electron chi connectivity index (χ3n) is 4.71. The summed E-state index contributed by atoms with van der Waals surface area (Å²) in [5.41, 5.74) is 0. The summed E-state index contributed by atoms with van der Waals surface area (Å²) in [6.07, 6.45) is 27.8. The van der Waals surface area contributed by atoms with E-state index in [1.165, 1.54) is 116 Å². The molecule has 0 aromatic heterocycles. The maximum absolute atomic E-state index is 3.84. The standard InChI is InChI=1S/2C12H25/c2*1-3-5-7-9-11-12-10-8-6-4-2/h2*1,3-12H2,2H3. The van der Waals surface area contributed by atoms with Gasteiger partial charge in [0.15, 0.2) is 0 Å². The molecule has 146 valence electrons. The smallest absolute Gasteiger partial charge is 0.0533 e. The summed E-state index contributed by atoms with van der Waals surface area (Å²) in [4.78, 5) is 0. The third kappa shape index (κ3) is 29.9. The van der Waals surface area contributed by atoms with Crippen LogP contribution in [0.4, 0.5) is 0 Å². The minimum absolute atomic E-state index is 1.12. The Labute approximate surface area is 156 Å². The molecule has 0 heterocycles. The minimum Gasteiger partial charge on any atom is -0.0654 e. The summed E-state index contributed by atoms with van der Waals surface area (Å²) in [6.45, 7) is 12.2. The SMILES string of the molecule is [CH2]CCCCCCCCCCC.[CH2]CCCCCCCCCCC. The topological polar surface area (TPSA) is 0 Å². The molecule has 0 fully saturated rings. The van der Waals surface area contributed by atoms with E-state index >= 15 is 0 Å². The molecule has 0 amide bonds. The molecule has 0 rings (SSSR count). The van der Waals surface area contributed by atoms with Gasteiger partial charge >= 0.3 is 0 Å². The van der Waals surface area contributed by atoms with Crippen molar-refractivity contribution in [2.45, 2.75) is 142 Å². The Balaban J connectivity index is 0. The van der Waals surface area contributed by atoms with E-state index < -0.39 is 0 Å². The van der Waals surface area contributed by atoms with E-state index in [9.17, 15) is 0 Å². The molecule has 24 heavy (non-hydrogen) atoms. The van der Waals surface area contributed by atoms with Crippen molar-refractivity contribution in [1.82, 2.24) is 0 Å². The molecule has 2 radical (unpaired) electrons. The van der Waals surface area contributed by atoms with Crippen LogP contribution < -0.4 is 0 Å². The van der Waals surface area contributed by atoms with Gasteiger partial charge in [0.1, 0.15) is 0 Å². The summed E-state index contributed by atoms with van der Waals surface area (Å²) in [6, 6.07) is 0. The fourth-order valence-electron chi connectivity index (χ4n) is 2.97. The zero-order chi connectivity index (χ0) is 18.1. The molecule has 0 aliphatic heterocycles. The molecule has 0 N–H and O–H groups in total. The Bertz CT molecular complexity index is 133. The monoisotopic (exact) mass is 338 g/mol. The van der Waals surface area contributed by atoms with Crippen LogP contribution >= 0.6 is 0 Å². The first-order valence-electron chi connectivity index (χ1n) is 11.4. The normalized spacial score (nSPS) is 10.5. The predicted molar refractivity (Wildman–Crippen MR) is 114 cm³/mol. The third-order valence-corrected chi connectivity index (χ3v) is 4.71. The Morgan fingerprint density at radius 3 is 0.750 bits per heavy atom. The highest BCUT2D eigenvalue weighted by Crippen LogP contribution is 2.10. The summed E-state index contributed by atoms with van der Waals surface area (Å²) in [5.74, 6) is 0. The summed E-state index contributed by atoms with van der Waals surface area (Å²) in [7, 11) is 0. The van der Waals surface area contributed by atoms with Crippen LogP contribution in [0.25, 0.3) is 0 Å². The highest BCUT2D eigenvalue weighted by Gasteiger charge is 1.91. The molecule has 0 heteroatoms. The number of hydrogen-bond acceptors (Lipinski definition) is 0. The van der Waals surface area contributed by atoms with Crippen molar-refractivity contribution < 1.29 is 0 Å². The lowest BCUT2D eigenvalue weighted by atomic mass is 10.1. The van der Waals surface area contributed by atoms with Crippen LogP contribution in [-0.2, 0) is 0 Å².